The van der Waals surface area contributed by atoms with Crippen LogP contribution < -0.4 is 14.8 Å². The van der Waals surface area contributed by atoms with Crippen molar-refractivity contribution in [3.8, 4) is 11.5 Å². The minimum atomic E-state index is -0.175. The summed E-state index contributed by atoms with van der Waals surface area (Å²) in [6.07, 6.45) is 1.81. The van der Waals surface area contributed by atoms with Crippen molar-refractivity contribution in [3.05, 3.63) is 56.9 Å². The predicted octanol–water partition coefficient (Wildman–Crippen LogP) is 5.06. The monoisotopic (exact) mass is 446 g/mol. The molecule has 7 heteroatoms. The van der Waals surface area contributed by atoms with Gasteiger partial charge >= 0.3 is 0 Å². The molecule has 0 bridgehead atoms. The predicted molar refractivity (Wildman–Crippen MR) is 114 cm³/mol. The van der Waals surface area contributed by atoms with E-state index in [0.717, 1.165) is 21.3 Å². The van der Waals surface area contributed by atoms with E-state index in [4.69, 9.17) is 9.47 Å². The molecule has 140 valence electrons. The molecule has 0 atom stereocenters. The number of aryl methyl sites for hydroxylation is 1. The Balaban J connectivity index is 1.87. The van der Waals surface area contributed by atoms with Crippen molar-refractivity contribution in [3.63, 3.8) is 0 Å². The third-order valence-electron chi connectivity index (χ3n) is 3.78. The van der Waals surface area contributed by atoms with E-state index >= 15 is 0 Å². The standard InChI is InChI=1S/C20H19BrN2O3S/c1-4-26-17-11-15(21)13(9-16(17)25-3)10-18-19(24)23-20(27-18)22-14-7-5-12(2)6-8-14/h5-11H,4H2,1-3H3,(H,22,23,24)/b18-10+. The van der Waals surface area contributed by atoms with Crippen molar-refractivity contribution in [1.82, 2.24) is 5.32 Å². The normalized spacial score (nSPS) is 16.7. The largest absolute Gasteiger partial charge is 0.493 e. The van der Waals surface area contributed by atoms with Crippen molar-refractivity contribution in [1.29, 1.82) is 0 Å². The molecule has 0 radical (unpaired) electrons. The quantitative estimate of drug-likeness (QED) is 0.652. The number of nitrogens with zero attached hydrogens (tertiary/aromatic N) is 1. The zero-order valence-corrected chi connectivity index (χ0v) is 17.6. The number of hydrogen-bond acceptors (Lipinski definition) is 5. The number of benzene rings is 2. The highest BCUT2D eigenvalue weighted by molar-refractivity contribution is 9.10. The van der Waals surface area contributed by atoms with Crippen molar-refractivity contribution in [2.45, 2.75) is 13.8 Å². The first kappa shape index (κ1) is 19.5. The third-order valence-corrected chi connectivity index (χ3v) is 5.38. The minimum Gasteiger partial charge on any atom is -0.493 e. The van der Waals surface area contributed by atoms with Gasteiger partial charge in [0, 0.05) is 4.47 Å². The van der Waals surface area contributed by atoms with Crippen molar-refractivity contribution >= 4 is 50.5 Å². The highest BCUT2D eigenvalue weighted by Gasteiger charge is 2.24. The summed E-state index contributed by atoms with van der Waals surface area (Å²) in [4.78, 5) is 17.4. The summed E-state index contributed by atoms with van der Waals surface area (Å²) in [6.45, 7) is 4.48. The van der Waals surface area contributed by atoms with Crippen LogP contribution in [0.25, 0.3) is 6.08 Å². The second kappa shape index (κ2) is 8.63. The Morgan fingerprint density at radius 1 is 1.22 bits per heavy atom. The number of hydrogen-bond donors (Lipinski definition) is 1. The molecular formula is C20H19BrN2O3S. The Kier molecular flexibility index (Phi) is 6.23. The van der Waals surface area contributed by atoms with Crippen LogP contribution in [0.3, 0.4) is 0 Å². The van der Waals surface area contributed by atoms with E-state index in [0.29, 0.717) is 28.2 Å². The van der Waals surface area contributed by atoms with Gasteiger partial charge < -0.3 is 14.8 Å². The molecule has 1 saturated heterocycles. The lowest BCUT2D eigenvalue weighted by molar-refractivity contribution is -0.115. The summed E-state index contributed by atoms with van der Waals surface area (Å²) < 4.78 is 11.8. The molecule has 0 aliphatic carbocycles. The average Bonchev–Trinajstić information content (AvgIpc) is 2.98. The number of carbonyl (C=O) groups excluding carboxylic acids is 1. The fourth-order valence-corrected chi connectivity index (χ4v) is 3.72. The molecule has 2 aromatic rings. The molecule has 2 aromatic carbocycles. The van der Waals surface area contributed by atoms with Crippen LogP contribution in [0.4, 0.5) is 5.69 Å². The average molecular weight is 447 g/mol. The first-order valence-corrected chi connectivity index (χ1v) is 9.97. The molecule has 1 fully saturated rings. The summed E-state index contributed by atoms with van der Waals surface area (Å²) in [5.41, 5.74) is 2.79. The van der Waals surface area contributed by atoms with E-state index in [-0.39, 0.29) is 5.91 Å². The highest BCUT2D eigenvalue weighted by Crippen LogP contribution is 2.36. The van der Waals surface area contributed by atoms with Gasteiger partial charge in [-0.1, -0.05) is 33.6 Å². The van der Waals surface area contributed by atoms with Gasteiger partial charge in [-0.2, -0.15) is 0 Å². The number of thioether (sulfide) groups is 1. The molecule has 3 rings (SSSR count). The van der Waals surface area contributed by atoms with Gasteiger partial charge in [0.1, 0.15) is 0 Å². The van der Waals surface area contributed by atoms with Crippen LogP contribution in [-0.2, 0) is 4.79 Å². The summed E-state index contributed by atoms with van der Waals surface area (Å²) in [5.74, 6) is 1.09. The first-order valence-electron chi connectivity index (χ1n) is 8.36. The van der Waals surface area contributed by atoms with E-state index in [1.54, 1.807) is 13.2 Å². The Labute approximate surface area is 171 Å². The van der Waals surface area contributed by atoms with Crippen LogP contribution >= 0.6 is 27.7 Å². The summed E-state index contributed by atoms with van der Waals surface area (Å²) in [6, 6.07) is 11.5. The Bertz CT molecular complexity index is 924. The van der Waals surface area contributed by atoms with Gasteiger partial charge in [-0.3, -0.25) is 4.79 Å². The topological polar surface area (TPSA) is 59.9 Å². The molecule has 1 amide bonds. The van der Waals surface area contributed by atoms with Gasteiger partial charge in [0.05, 0.1) is 24.3 Å². The van der Waals surface area contributed by atoms with Crippen molar-refractivity contribution < 1.29 is 14.3 Å². The van der Waals surface area contributed by atoms with Crippen LogP contribution in [0.1, 0.15) is 18.1 Å². The summed E-state index contributed by atoms with van der Waals surface area (Å²) >= 11 is 4.84. The Morgan fingerprint density at radius 2 is 1.96 bits per heavy atom. The van der Waals surface area contributed by atoms with Gasteiger partial charge in [-0.25, -0.2) is 4.99 Å². The maximum absolute atomic E-state index is 12.3. The van der Waals surface area contributed by atoms with Crippen LogP contribution in [0.15, 0.2) is 50.8 Å². The molecule has 0 spiro atoms. The van der Waals surface area contributed by atoms with Crippen molar-refractivity contribution in [2.24, 2.45) is 4.99 Å². The molecule has 5 nitrogen and oxygen atoms in total. The number of carbonyl (C=O) groups is 1. The van der Waals surface area contributed by atoms with E-state index in [2.05, 4.69) is 26.2 Å². The third kappa shape index (κ3) is 4.73. The zero-order chi connectivity index (χ0) is 19.4. The lowest BCUT2D eigenvalue weighted by Crippen LogP contribution is -2.19. The fourth-order valence-electron chi connectivity index (χ4n) is 2.45. The first-order chi connectivity index (χ1) is 13.0. The lowest BCUT2D eigenvalue weighted by Gasteiger charge is -2.11. The SMILES string of the molecule is CCOc1cc(Br)c(/C=C2/SC(=Nc3ccc(C)cc3)NC2=O)cc1OC. The van der Waals surface area contributed by atoms with Crippen molar-refractivity contribution in [2.75, 3.05) is 13.7 Å². The number of halogens is 1. The molecular weight excluding hydrogens is 428 g/mol. The number of rotatable bonds is 5. The summed E-state index contributed by atoms with van der Waals surface area (Å²) in [5, 5.41) is 3.36. The molecule has 1 N–H and O–H groups in total. The molecule has 27 heavy (non-hydrogen) atoms. The second-order valence-electron chi connectivity index (χ2n) is 5.77. The van der Waals surface area contributed by atoms with Crippen LogP contribution in [0.5, 0.6) is 11.5 Å². The number of ether oxygens (including phenoxy) is 2. The van der Waals surface area contributed by atoms with Gasteiger partial charge in [-0.05, 0) is 61.5 Å². The molecule has 1 aliphatic rings. The maximum Gasteiger partial charge on any atom is 0.264 e. The van der Waals surface area contributed by atoms with E-state index in [9.17, 15) is 4.79 Å². The molecule has 0 saturated carbocycles. The fraction of sp³-hybridized carbons (Fsp3) is 0.200. The number of amidine groups is 1. The smallest absolute Gasteiger partial charge is 0.264 e. The Morgan fingerprint density at radius 3 is 2.63 bits per heavy atom. The van der Waals surface area contributed by atoms with Gasteiger partial charge in [0.2, 0.25) is 0 Å². The summed E-state index contributed by atoms with van der Waals surface area (Å²) in [7, 11) is 1.59. The van der Waals surface area contributed by atoms with E-state index < -0.39 is 0 Å². The highest BCUT2D eigenvalue weighted by atomic mass is 79.9. The van der Waals surface area contributed by atoms with E-state index in [1.165, 1.54) is 11.8 Å². The molecule has 0 aromatic heterocycles. The van der Waals surface area contributed by atoms with Crippen LogP contribution in [-0.4, -0.2) is 24.8 Å². The minimum absolute atomic E-state index is 0.175. The molecule has 1 heterocycles. The van der Waals surface area contributed by atoms with E-state index in [1.807, 2.05) is 50.2 Å². The van der Waals surface area contributed by atoms with Gasteiger partial charge in [-0.15, -0.1) is 0 Å². The maximum atomic E-state index is 12.3. The molecule has 1 aliphatic heterocycles. The number of methoxy groups -OCH3 is 1. The lowest BCUT2D eigenvalue weighted by atomic mass is 10.2. The Hall–Kier alpha value is -2.25. The zero-order valence-electron chi connectivity index (χ0n) is 15.2. The van der Waals surface area contributed by atoms with Gasteiger partial charge in [0.25, 0.3) is 5.91 Å². The van der Waals surface area contributed by atoms with Gasteiger partial charge in [0.15, 0.2) is 16.7 Å². The van der Waals surface area contributed by atoms with Crippen LogP contribution in [0.2, 0.25) is 0 Å². The number of amides is 1. The number of aliphatic imine (C=N–C) groups is 1. The number of nitrogens with one attached hydrogen (secondary N) is 1. The van der Waals surface area contributed by atoms with Crippen LogP contribution in [0, 0.1) is 6.92 Å². The molecule has 0 unspecified atom stereocenters. The second-order valence-corrected chi connectivity index (χ2v) is 7.66.